The van der Waals surface area contributed by atoms with Gasteiger partial charge in [0.25, 0.3) is 11.1 Å². The van der Waals surface area contributed by atoms with E-state index in [-0.39, 0.29) is 11.4 Å². The highest BCUT2D eigenvalue weighted by atomic mass is 35.5. The fraction of sp³-hybridized carbons (Fsp3) is 0.138. The lowest BCUT2D eigenvalue weighted by Gasteiger charge is -2.13. The molecule has 0 aliphatic carbocycles. The average molecular weight is 530 g/mol. The maximum absolute atomic E-state index is 13.1. The van der Waals surface area contributed by atoms with Gasteiger partial charge in [0.05, 0.1) is 4.91 Å². The molecule has 6 nitrogen and oxygen atoms in total. The van der Waals surface area contributed by atoms with Crippen molar-refractivity contribution < 1.29 is 14.4 Å². The van der Waals surface area contributed by atoms with Gasteiger partial charge in [-0.3, -0.25) is 19.3 Å². The van der Waals surface area contributed by atoms with Gasteiger partial charge in [0.15, 0.2) is 0 Å². The van der Waals surface area contributed by atoms with Crippen LogP contribution in [0.15, 0.2) is 77.8 Å². The average Bonchev–Trinajstić information content (AvgIpc) is 3.35. The molecule has 0 unspecified atom stereocenters. The molecule has 3 aromatic carbocycles. The zero-order valence-corrected chi connectivity index (χ0v) is 21.9. The van der Waals surface area contributed by atoms with Crippen LogP contribution in [0.4, 0.5) is 10.5 Å². The minimum absolute atomic E-state index is 0.282. The van der Waals surface area contributed by atoms with E-state index >= 15 is 0 Å². The molecule has 186 valence electrons. The van der Waals surface area contributed by atoms with Crippen molar-refractivity contribution in [3.8, 4) is 0 Å². The van der Waals surface area contributed by atoms with Gasteiger partial charge in [-0.2, -0.15) is 0 Å². The van der Waals surface area contributed by atoms with Gasteiger partial charge >= 0.3 is 0 Å². The van der Waals surface area contributed by atoms with Crippen molar-refractivity contribution in [3.63, 3.8) is 0 Å². The second kappa shape index (κ2) is 10.3. The number of aromatic nitrogens is 1. The van der Waals surface area contributed by atoms with Crippen LogP contribution in [-0.2, 0) is 16.1 Å². The molecule has 37 heavy (non-hydrogen) atoms. The quantitative estimate of drug-likeness (QED) is 0.284. The predicted molar refractivity (Wildman–Crippen MR) is 150 cm³/mol. The fourth-order valence-electron chi connectivity index (χ4n) is 4.27. The van der Waals surface area contributed by atoms with E-state index in [0.717, 1.165) is 49.8 Å². The maximum Gasteiger partial charge on any atom is 0.294 e. The number of amides is 3. The van der Waals surface area contributed by atoms with Crippen molar-refractivity contribution in [2.45, 2.75) is 20.4 Å². The molecule has 5 rings (SSSR count). The minimum atomic E-state index is -0.479. The normalized spacial score (nSPS) is 14.7. The Labute approximate surface area is 223 Å². The fourth-order valence-corrected chi connectivity index (χ4v) is 5.30. The molecule has 0 saturated carbocycles. The summed E-state index contributed by atoms with van der Waals surface area (Å²) in [6.07, 6.45) is 3.67. The molecular formula is C29H24ClN3O3S. The Balaban J connectivity index is 1.37. The highest BCUT2D eigenvalue weighted by Gasteiger charge is 2.36. The minimum Gasteiger partial charge on any atom is -0.342 e. The number of carbonyl (C=O) groups excluding carboxylic acids is 3. The van der Waals surface area contributed by atoms with Crippen LogP contribution in [-0.4, -0.2) is 33.1 Å². The first-order chi connectivity index (χ1) is 17.8. The van der Waals surface area contributed by atoms with Crippen LogP contribution >= 0.6 is 23.4 Å². The van der Waals surface area contributed by atoms with Crippen LogP contribution in [0.1, 0.15) is 22.3 Å². The molecular weight excluding hydrogens is 506 g/mol. The van der Waals surface area contributed by atoms with Gasteiger partial charge in [0.1, 0.15) is 6.54 Å². The largest absolute Gasteiger partial charge is 0.342 e. The van der Waals surface area contributed by atoms with E-state index in [1.165, 1.54) is 0 Å². The number of para-hydroxylation sites is 1. The number of aryl methyl sites for hydroxylation is 2. The van der Waals surface area contributed by atoms with Crippen LogP contribution in [0, 0.1) is 13.8 Å². The van der Waals surface area contributed by atoms with Crippen LogP contribution in [0.25, 0.3) is 17.0 Å². The van der Waals surface area contributed by atoms with E-state index in [2.05, 4.69) is 9.88 Å². The predicted octanol–water partition coefficient (Wildman–Crippen LogP) is 6.63. The van der Waals surface area contributed by atoms with Gasteiger partial charge < -0.3 is 9.88 Å². The monoisotopic (exact) mass is 529 g/mol. The number of fused-ring (bicyclic) bond motifs is 1. The number of halogens is 1. The molecule has 0 radical (unpaired) electrons. The lowest BCUT2D eigenvalue weighted by atomic mass is 10.1. The van der Waals surface area contributed by atoms with Gasteiger partial charge in [-0.05, 0) is 72.6 Å². The van der Waals surface area contributed by atoms with Gasteiger partial charge in [-0.15, -0.1) is 0 Å². The lowest BCUT2D eigenvalue weighted by Crippen LogP contribution is -2.36. The molecule has 1 fully saturated rings. The first kappa shape index (κ1) is 24.9. The third kappa shape index (κ3) is 5.19. The van der Waals surface area contributed by atoms with E-state index in [9.17, 15) is 14.4 Å². The molecule has 8 heteroatoms. The number of hydrogen-bond donors (Lipinski definition) is 1. The third-order valence-corrected chi connectivity index (χ3v) is 7.65. The number of nitrogens with zero attached hydrogens (tertiary/aromatic N) is 2. The summed E-state index contributed by atoms with van der Waals surface area (Å²) >= 11 is 7.22. The highest BCUT2D eigenvalue weighted by Crippen LogP contribution is 2.34. The van der Waals surface area contributed by atoms with E-state index < -0.39 is 17.1 Å². The zero-order valence-electron chi connectivity index (χ0n) is 20.3. The summed E-state index contributed by atoms with van der Waals surface area (Å²) in [5.41, 5.74) is 5.56. The Morgan fingerprint density at radius 3 is 2.54 bits per heavy atom. The van der Waals surface area contributed by atoms with Gasteiger partial charge in [0.2, 0.25) is 5.91 Å². The number of benzene rings is 3. The number of carbonyl (C=O) groups is 3. The molecule has 1 aliphatic heterocycles. The summed E-state index contributed by atoms with van der Waals surface area (Å²) in [4.78, 5) is 39.6. The maximum atomic E-state index is 13.1. The molecule has 1 N–H and O–H groups in total. The number of anilines is 1. The SMILES string of the molecule is Cc1ccc(NC(=O)CN2C(=O)S/C(=C/c3cn(Cc4ccccc4Cl)c4ccccc34)C2=O)cc1C. The Morgan fingerprint density at radius 2 is 1.76 bits per heavy atom. The van der Waals surface area contributed by atoms with Crippen molar-refractivity contribution in [3.05, 3.63) is 105 Å². The summed E-state index contributed by atoms with van der Waals surface area (Å²) in [6.45, 7) is 4.16. The number of nitrogens with one attached hydrogen (secondary N) is 1. The van der Waals surface area contributed by atoms with E-state index in [0.29, 0.717) is 17.3 Å². The Bertz CT molecular complexity index is 1590. The number of hydrogen-bond acceptors (Lipinski definition) is 4. The molecule has 1 aromatic heterocycles. The first-order valence-corrected chi connectivity index (χ1v) is 12.9. The van der Waals surface area contributed by atoms with Crippen molar-refractivity contribution in [2.75, 3.05) is 11.9 Å². The van der Waals surface area contributed by atoms with Gasteiger partial charge in [-0.1, -0.05) is 54.1 Å². The third-order valence-electron chi connectivity index (χ3n) is 6.37. The van der Waals surface area contributed by atoms with E-state index in [1.807, 2.05) is 80.7 Å². The molecule has 1 aliphatic rings. The van der Waals surface area contributed by atoms with E-state index in [1.54, 1.807) is 12.1 Å². The van der Waals surface area contributed by atoms with Gasteiger partial charge in [-0.25, -0.2) is 0 Å². The smallest absolute Gasteiger partial charge is 0.294 e. The molecule has 2 heterocycles. The van der Waals surface area contributed by atoms with E-state index in [4.69, 9.17) is 11.6 Å². The topological polar surface area (TPSA) is 71.4 Å². The molecule has 0 atom stereocenters. The molecule has 4 aromatic rings. The number of thioether (sulfide) groups is 1. The molecule has 0 spiro atoms. The van der Waals surface area contributed by atoms with Crippen LogP contribution < -0.4 is 5.32 Å². The molecule has 1 saturated heterocycles. The summed E-state index contributed by atoms with van der Waals surface area (Å²) < 4.78 is 2.07. The number of imide groups is 1. The summed E-state index contributed by atoms with van der Waals surface area (Å²) in [5, 5.41) is 3.94. The summed E-state index contributed by atoms with van der Waals surface area (Å²) in [5.74, 6) is -0.906. The summed E-state index contributed by atoms with van der Waals surface area (Å²) in [6, 6.07) is 21.1. The first-order valence-electron chi connectivity index (χ1n) is 11.7. The van der Waals surface area contributed by atoms with Crippen molar-refractivity contribution in [1.82, 2.24) is 9.47 Å². The Morgan fingerprint density at radius 1 is 1.00 bits per heavy atom. The zero-order chi connectivity index (χ0) is 26.1. The second-order valence-electron chi connectivity index (χ2n) is 8.94. The van der Waals surface area contributed by atoms with Crippen molar-refractivity contribution >= 4 is 63.1 Å². The standard InChI is InChI=1S/C29H24ClN3O3S/c1-18-11-12-22(13-19(18)2)31-27(34)17-33-28(35)26(37-29(33)36)14-21-16-32(25-10-6-4-8-23(21)25)15-20-7-3-5-9-24(20)30/h3-14,16H,15,17H2,1-2H3,(H,31,34)/b26-14+. The van der Waals surface area contributed by atoms with Crippen molar-refractivity contribution in [2.24, 2.45) is 0 Å². The van der Waals surface area contributed by atoms with Crippen LogP contribution in [0.5, 0.6) is 0 Å². The molecule has 0 bridgehead atoms. The lowest BCUT2D eigenvalue weighted by molar-refractivity contribution is -0.127. The van der Waals surface area contributed by atoms with Crippen LogP contribution in [0.3, 0.4) is 0 Å². The molecule has 3 amide bonds. The van der Waals surface area contributed by atoms with Gasteiger partial charge in [0, 0.05) is 39.9 Å². The van der Waals surface area contributed by atoms with Crippen molar-refractivity contribution in [1.29, 1.82) is 0 Å². The summed E-state index contributed by atoms with van der Waals surface area (Å²) in [7, 11) is 0. The highest BCUT2D eigenvalue weighted by molar-refractivity contribution is 8.18. The van der Waals surface area contributed by atoms with Crippen LogP contribution in [0.2, 0.25) is 5.02 Å². The second-order valence-corrected chi connectivity index (χ2v) is 10.3. The Hall–Kier alpha value is -3.81. The number of rotatable bonds is 6. The Kier molecular flexibility index (Phi) is 6.91.